The van der Waals surface area contributed by atoms with E-state index in [1.54, 1.807) is 6.26 Å². The first-order valence-corrected chi connectivity index (χ1v) is 11.4. The Balaban J connectivity index is 2.32. The van der Waals surface area contributed by atoms with E-state index in [0.717, 1.165) is 0 Å². The van der Waals surface area contributed by atoms with E-state index in [1.165, 1.54) is 54.8 Å². The second kappa shape index (κ2) is 10.6. The average molecular weight is 471 g/mol. The van der Waals surface area contributed by atoms with Crippen LogP contribution in [0, 0.1) is 10.1 Å². The highest BCUT2D eigenvalue weighted by atomic mass is 32.2. The zero-order valence-electron chi connectivity index (χ0n) is 16.3. The predicted molar refractivity (Wildman–Crippen MR) is 115 cm³/mol. The van der Waals surface area contributed by atoms with Gasteiger partial charge >= 0.3 is 5.97 Å². The third-order valence-corrected chi connectivity index (χ3v) is 6.55. The molecule has 1 aliphatic rings. The van der Waals surface area contributed by atoms with Gasteiger partial charge < -0.3 is 4.74 Å². The van der Waals surface area contributed by atoms with E-state index >= 15 is 0 Å². The number of ether oxygens (including phenoxy) is 1. The lowest BCUT2D eigenvalue weighted by molar-refractivity contribution is -0.384. The van der Waals surface area contributed by atoms with Gasteiger partial charge in [-0.3, -0.25) is 29.4 Å². The number of carbonyl (C=O) groups is 4. The maximum Gasteiger partial charge on any atom is 0.357 e. The van der Waals surface area contributed by atoms with E-state index in [4.69, 9.17) is 4.74 Å². The third-order valence-electron chi connectivity index (χ3n) is 3.80. The molecule has 0 radical (unpaired) electrons. The number of hydrogen-bond acceptors (Lipinski definition) is 10. The van der Waals surface area contributed by atoms with Gasteiger partial charge in [0, 0.05) is 26.0 Å². The van der Waals surface area contributed by atoms with Gasteiger partial charge in [-0.2, -0.15) is 0 Å². The highest BCUT2D eigenvalue weighted by Gasteiger charge is 2.43. The number of benzene rings is 1. The van der Waals surface area contributed by atoms with Gasteiger partial charge in [-0.05, 0) is 47.5 Å². The minimum atomic E-state index is -0.863. The highest BCUT2D eigenvalue weighted by Crippen LogP contribution is 2.40. The van der Waals surface area contributed by atoms with Gasteiger partial charge in [0.05, 0.1) is 21.0 Å². The van der Waals surface area contributed by atoms with Crippen LogP contribution < -0.4 is 0 Å². The Morgan fingerprint density at radius 2 is 1.73 bits per heavy atom. The summed E-state index contributed by atoms with van der Waals surface area (Å²) in [6.45, 7) is 2.37. The van der Waals surface area contributed by atoms with Gasteiger partial charge in [-0.15, -0.1) is 11.8 Å². The van der Waals surface area contributed by atoms with Crippen LogP contribution in [0.1, 0.15) is 25.8 Å². The van der Waals surface area contributed by atoms with Crippen molar-refractivity contribution >= 4 is 63.1 Å². The number of amides is 1. The summed E-state index contributed by atoms with van der Waals surface area (Å²) in [4.78, 5) is 59.9. The second-order valence-electron chi connectivity index (χ2n) is 5.98. The molecule has 0 aliphatic carbocycles. The monoisotopic (exact) mass is 470 g/mol. The summed E-state index contributed by atoms with van der Waals surface area (Å²) in [6, 6.07) is 5.46. The van der Waals surface area contributed by atoms with Crippen molar-refractivity contribution in [3.8, 4) is 0 Å². The van der Waals surface area contributed by atoms with Crippen molar-refractivity contribution in [2.24, 2.45) is 0 Å². The lowest BCUT2D eigenvalue weighted by Crippen LogP contribution is -2.51. The van der Waals surface area contributed by atoms with Crippen LogP contribution in [0.15, 0.2) is 34.2 Å². The summed E-state index contributed by atoms with van der Waals surface area (Å²) in [5, 5.41) is 9.72. The topological polar surface area (TPSA) is 124 Å². The van der Waals surface area contributed by atoms with Crippen LogP contribution in [-0.4, -0.2) is 43.6 Å². The Labute approximate surface area is 185 Å². The van der Waals surface area contributed by atoms with Crippen molar-refractivity contribution in [3.63, 3.8) is 0 Å². The van der Waals surface area contributed by atoms with Gasteiger partial charge in [0.25, 0.3) is 5.69 Å². The fourth-order valence-electron chi connectivity index (χ4n) is 2.43. The van der Waals surface area contributed by atoms with Crippen molar-refractivity contribution in [1.29, 1.82) is 0 Å². The number of non-ortho nitro benzene ring substituents is 1. The second-order valence-corrected chi connectivity index (χ2v) is 9.63. The van der Waals surface area contributed by atoms with Crippen molar-refractivity contribution in [3.05, 3.63) is 49.9 Å². The van der Waals surface area contributed by atoms with Crippen molar-refractivity contribution in [1.82, 2.24) is 4.90 Å². The molecule has 1 aromatic carbocycles. The molecule has 1 saturated heterocycles. The van der Waals surface area contributed by atoms with Gasteiger partial charge in [0.15, 0.2) is 15.9 Å². The molecule has 0 N–H and O–H groups in total. The molecule has 30 heavy (non-hydrogen) atoms. The lowest BCUT2D eigenvalue weighted by Gasteiger charge is -2.40. The Morgan fingerprint density at radius 1 is 1.17 bits per heavy atom. The minimum absolute atomic E-state index is 0.0794. The fourth-order valence-corrected chi connectivity index (χ4v) is 5.13. The van der Waals surface area contributed by atoms with Crippen LogP contribution >= 0.6 is 35.3 Å². The van der Waals surface area contributed by atoms with E-state index in [2.05, 4.69) is 0 Å². The SMILES string of the molecule is CSC1CC(=O)N1C(C(=O)OCc1ccc([N+](=O)[O-])cc1)=C(SC(C)=O)SC(C)=O. The van der Waals surface area contributed by atoms with Crippen LogP contribution in [0.3, 0.4) is 0 Å². The van der Waals surface area contributed by atoms with Crippen molar-refractivity contribution in [2.75, 3.05) is 6.26 Å². The molecule has 9 nitrogen and oxygen atoms in total. The number of likely N-dealkylation sites (tertiary alicyclic amines) is 1. The molecular formula is C18H18N2O7S3. The summed E-state index contributed by atoms with van der Waals surface area (Å²) in [5.41, 5.74) is 0.259. The maximum atomic E-state index is 12.9. The van der Waals surface area contributed by atoms with E-state index < -0.39 is 10.9 Å². The molecule has 1 heterocycles. The van der Waals surface area contributed by atoms with Crippen molar-refractivity contribution in [2.45, 2.75) is 32.2 Å². The van der Waals surface area contributed by atoms with Crippen LogP contribution in [0.4, 0.5) is 5.69 Å². The number of rotatable bonds is 8. The molecule has 2 rings (SSSR count). The molecule has 0 aromatic heterocycles. The first-order valence-electron chi connectivity index (χ1n) is 8.50. The Kier molecular flexibility index (Phi) is 8.50. The molecule has 0 spiro atoms. The van der Waals surface area contributed by atoms with Crippen LogP contribution in [-0.2, 0) is 30.5 Å². The number of nitro groups is 1. The summed E-state index contributed by atoms with van der Waals surface area (Å²) in [7, 11) is 0. The first kappa shape index (κ1) is 24.0. The Morgan fingerprint density at radius 3 is 2.17 bits per heavy atom. The number of carbonyl (C=O) groups excluding carboxylic acids is 4. The summed E-state index contributed by atoms with van der Waals surface area (Å²) in [6.07, 6.45) is 2.00. The van der Waals surface area contributed by atoms with Crippen LogP contribution in [0.25, 0.3) is 0 Å². The Hall–Kier alpha value is -2.31. The smallest absolute Gasteiger partial charge is 0.357 e. The van der Waals surface area contributed by atoms with Gasteiger partial charge in [0.1, 0.15) is 6.61 Å². The average Bonchev–Trinajstić information content (AvgIpc) is 2.67. The number of esters is 1. The molecular weight excluding hydrogens is 452 g/mol. The molecule has 0 bridgehead atoms. The summed E-state index contributed by atoms with van der Waals surface area (Å²) < 4.78 is 5.39. The minimum Gasteiger partial charge on any atom is -0.456 e. The quantitative estimate of drug-likeness (QED) is 0.184. The molecule has 0 saturated carbocycles. The van der Waals surface area contributed by atoms with E-state index in [9.17, 15) is 29.3 Å². The lowest BCUT2D eigenvalue weighted by atomic mass is 10.2. The van der Waals surface area contributed by atoms with E-state index in [1.807, 2.05) is 0 Å². The molecule has 1 aliphatic heterocycles. The van der Waals surface area contributed by atoms with E-state index in [0.29, 0.717) is 29.1 Å². The molecule has 1 amide bonds. The summed E-state index contributed by atoms with van der Waals surface area (Å²) in [5.74, 6) is -1.18. The standard InChI is InChI=1S/C18H18N2O7S3/c1-10(21)29-18(30-11(2)22)16(19-14(23)8-15(19)28-3)17(24)27-9-12-4-6-13(7-5-12)20(25)26/h4-7,15H,8-9H2,1-3H3. The predicted octanol–water partition coefficient (Wildman–Crippen LogP) is 3.29. The molecule has 1 unspecified atom stereocenters. The van der Waals surface area contributed by atoms with E-state index in [-0.39, 0.29) is 50.2 Å². The zero-order chi connectivity index (χ0) is 22.4. The normalized spacial score (nSPS) is 15.2. The number of nitro benzene ring substituents is 1. The third kappa shape index (κ3) is 6.09. The van der Waals surface area contributed by atoms with Gasteiger partial charge in [-0.25, -0.2) is 4.79 Å². The molecule has 1 aromatic rings. The number of hydrogen-bond donors (Lipinski definition) is 0. The molecule has 12 heteroatoms. The highest BCUT2D eigenvalue weighted by molar-refractivity contribution is 8.34. The van der Waals surface area contributed by atoms with Crippen LogP contribution in [0.2, 0.25) is 0 Å². The van der Waals surface area contributed by atoms with Gasteiger partial charge in [-0.1, -0.05) is 0 Å². The largest absolute Gasteiger partial charge is 0.456 e. The van der Waals surface area contributed by atoms with Gasteiger partial charge in [0.2, 0.25) is 5.91 Å². The fraction of sp³-hybridized carbons (Fsp3) is 0.333. The number of β-lactam (4-membered cyclic amide) rings is 1. The van der Waals surface area contributed by atoms with Crippen molar-refractivity contribution < 1.29 is 28.8 Å². The maximum absolute atomic E-state index is 12.9. The molecule has 1 fully saturated rings. The zero-order valence-corrected chi connectivity index (χ0v) is 18.7. The summed E-state index contributed by atoms with van der Waals surface area (Å²) >= 11 is 2.73. The first-order chi connectivity index (χ1) is 14.1. The van der Waals surface area contributed by atoms with Crippen LogP contribution in [0.5, 0.6) is 0 Å². The molecule has 1 atom stereocenters. The number of nitrogens with zero attached hydrogens (tertiary/aromatic N) is 2. The Bertz CT molecular complexity index is 897. The number of thioether (sulfide) groups is 3. The molecule has 160 valence electrons.